The number of hydrogen-bond acceptors (Lipinski definition) is 2. The van der Waals surface area contributed by atoms with Gasteiger partial charge in [-0.25, -0.2) is 4.98 Å². The van der Waals surface area contributed by atoms with Crippen LogP contribution >= 0.6 is 15.9 Å². The Hall–Kier alpha value is -0.900. The van der Waals surface area contributed by atoms with Crippen LogP contribution in [0.4, 0.5) is 0 Å². The van der Waals surface area contributed by atoms with E-state index in [-0.39, 0.29) is 11.8 Å². The highest BCUT2D eigenvalue weighted by Crippen LogP contribution is 2.45. The fourth-order valence-corrected chi connectivity index (χ4v) is 2.46. The van der Waals surface area contributed by atoms with Crippen LogP contribution in [0.5, 0.6) is 0 Å². The molecule has 0 amide bonds. The summed E-state index contributed by atoms with van der Waals surface area (Å²) < 4.78 is 0.775. The third-order valence-corrected chi connectivity index (χ3v) is 3.50. The van der Waals surface area contributed by atoms with Crippen LogP contribution in [0, 0.1) is 0 Å². The first kappa shape index (κ1) is 10.6. The van der Waals surface area contributed by atoms with Crippen molar-refractivity contribution < 1.29 is 9.90 Å². The molecule has 0 aliphatic heterocycles. The zero-order valence-corrected chi connectivity index (χ0v) is 9.83. The Morgan fingerprint density at radius 2 is 2.27 bits per heavy atom. The van der Waals surface area contributed by atoms with Crippen molar-refractivity contribution in [1.82, 2.24) is 4.98 Å². The lowest BCUT2D eigenvalue weighted by Crippen LogP contribution is -2.37. The molecule has 1 heterocycles. The summed E-state index contributed by atoms with van der Waals surface area (Å²) in [6.45, 7) is 0. The van der Waals surface area contributed by atoms with Crippen LogP contribution in [0.1, 0.15) is 31.4 Å². The van der Waals surface area contributed by atoms with Crippen molar-refractivity contribution in [3.8, 4) is 0 Å². The van der Waals surface area contributed by atoms with E-state index in [0.717, 1.165) is 29.6 Å². The molecule has 80 valence electrons. The van der Waals surface area contributed by atoms with Gasteiger partial charge in [0.2, 0.25) is 0 Å². The van der Waals surface area contributed by atoms with Gasteiger partial charge in [-0.2, -0.15) is 0 Å². The second-order valence-corrected chi connectivity index (χ2v) is 4.86. The monoisotopic (exact) mass is 269 g/mol. The lowest BCUT2D eigenvalue weighted by Gasteiger charge is -2.40. The Bertz CT molecular complexity index is 388. The molecular formula is C11H12BrNO2. The van der Waals surface area contributed by atoms with E-state index in [1.165, 1.54) is 0 Å². The van der Waals surface area contributed by atoms with Gasteiger partial charge in [0.05, 0.1) is 6.42 Å². The molecule has 0 saturated heterocycles. The second-order valence-electron chi connectivity index (χ2n) is 4.05. The van der Waals surface area contributed by atoms with Gasteiger partial charge in [-0.3, -0.25) is 4.79 Å². The highest BCUT2D eigenvalue weighted by Gasteiger charge is 2.41. The number of halogens is 1. The van der Waals surface area contributed by atoms with Crippen molar-refractivity contribution in [2.45, 2.75) is 31.1 Å². The number of carboxylic acid groups (broad SMARTS) is 1. The molecule has 0 atom stereocenters. The second kappa shape index (κ2) is 3.93. The van der Waals surface area contributed by atoms with Crippen molar-refractivity contribution in [3.05, 3.63) is 28.5 Å². The van der Waals surface area contributed by atoms with E-state index in [1.807, 2.05) is 18.2 Å². The van der Waals surface area contributed by atoms with Gasteiger partial charge in [-0.1, -0.05) is 12.5 Å². The number of hydrogen-bond donors (Lipinski definition) is 1. The number of carbonyl (C=O) groups is 1. The molecule has 4 heteroatoms. The average Bonchev–Trinajstić information content (AvgIpc) is 2.11. The van der Waals surface area contributed by atoms with E-state index >= 15 is 0 Å². The lowest BCUT2D eigenvalue weighted by molar-refractivity contribution is -0.139. The van der Waals surface area contributed by atoms with Gasteiger partial charge in [0, 0.05) is 11.1 Å². The third kappa shape index (κ3) is 2.04. The van der Waals surface area contributed by atoms with E-state index in [0.29, 0.717) is 0 Å². The van der Waals surface area contributed by atoms with Crippen LogP contribution < -0.4 is 0 Å². The maximum absolute atomic E-state index is 10.8. The Morgan fingerprint density at radius 1 is 1.53 bits per heavy atom. The molecule has 0 radical (unpaired) electrons. The van der Waals surface area contributed by atoms with E-state index < -0.39 is 5.97 Å². The molecule has 1 aliphatic carbocycles. The summed E-state index contributed by atoms with van der Waals surface area (Å²) in [7, 11) is 0. The minimum atomic E-state index is -0.739. The summed E-state index contributed by atoms with van der Waals surface area (Å²) in [5, 5.41) is 8.91. The van der Waals surface area contributed by atoms with Crippen molar-refractivity contribution in [1.29, 1.82) is 0 Å². The topological polar surface area (TPSA) is 50.2 Å². The molecule has 1 aliphatic rings. The fraction of sp³-hybridized carbons (Fsp3) is 0.455. The summed E-state index contributed by atoms with van der Waals surface area (Å²) >= 11 is 3.32. The first-order valence-electron chi connectivity index (χ1n) is 4.97. The first-order chi connectivity index (χ1) is 7.12. The number of aliphatic carboxylic acids is 1. The molecule has 3 nitrogen and oxygen atoms in total. The molecule has 1 saturated carbocycles. The molecule has 1 fully saturated rings. The van der Waals surface area contributed by atoms with E-state index in [9.17, 15) is 4.79 Å². The number of carboxylic acids is 1. The minimum Gasteiger partial charge on any atom is -0.481 e. The van der Waals surface area contributed by atoms with Gasteiger partial charge in [-0.05, 0) is 40.9 Å². The van der Waals surface area contributed by atoms with Gasteiger partial charge >= 0.3 is 5.97 Å². The summed E-state index contributed by atoms with van der Waals surface area (Å²) in [5.74, 6) is -0.739. The Balaban J connectivity index is 2.29. The normalized spacial score (nSPS) is 18.2. The molecule has 0 unspecified atom stereocenters. The lowest BCUT2D eigenvalue weighted by atomic mass is 9.64. The summed E-state index contributed by atoms with van der Waals surface area (Å²) in [5.41, 5.74) is 0.695. The number of rotatable bonds is 3. The summed E-state index contributed by atoms with van der Waals surface area (Å²) in [4.78, 5) is 15.2. The van der Waals surface area contributed by atoms with Crippen LogP contribution in [-0.2, 0) is 10.2 Å². The largest absolute Gasteiger partial charge is 0.481 e. The fourth-order valence-electron chi connectivity index (χ4n) is 2.12. The predicted octanol–water partition coefficient (Wildman–Crippen LogP) is 2.74. The van der Waals surface area contributed by atoms with Gasteiger partial charge in [0.15, 0.2) is 0 Å². The van der Waals surface area contributed by atoms with Crippen molar-refractivity contribution in [3.63, 3.8) is 0 Å². The molecule has 1 aromatic heterocycles. The first-order valence-corrected chi connectivity index (χ1v) is 5.77. The summed E-state index contributed by atoms with van der Waals surface area (Å²) in [6.07, 6.45) is 3.16. The Morgan fingerprint density at radius 3 is 2.73 bits per heavy atom. The van der Waals surface area contributed by atoms with Crippen LogP contribution in [0.3, 0.4) is 0 Å². The number of nitrogens with zero attached hydrogens (tertiary/aromatic N) is 1. The average molecular weight is 270 g/mol. The molecule has 1 N–H and O–H groups in total. The van der Waals surface area contributed by atoms with E-state index in [4.69, 9.17) is 5.11 Å². The quantitative estimate of drug-likeness (QED) is 0.859. The van der Waals surface area contributed by atoms with Crippen LogP contribution in [-0.4, -0.2) is 16.1 Å². The van der Waals surface area contributed by atoms with E-state index in [1.54, 1.807) is 0 Å². The smallest absolute Gasteiger partial charge is 0.304 e. The zero-order chi connectivity index (χ0) is 10.9. The maximum atomic E-state index is 10.8. The number of aromatic nitrogens is 1. The molecule has 0 bridgehead atoms. The third-order valence-electron chi connectivity index (χ3n) is 3.06. The van der Waals surface area contributed by atoms with Crippen molar-refractivity contribution in [2.24, 2.45) is 0 Å². The highest BCUT2D eigenvalue weighted by atomic mass is 79.9. The van der Waals surface area contributed by atoms with Crippen molar-refractivity contribution in [2.75, 3.05) is 0 Å². The molecule has 1 aromatic rings. The number of pyridine rings is 1. The molecule has 15 heavy (non-hydrogen) atoms. The van der Waals surface area contributed by atoms with E-state index in [2.05, 4.69) is 20.9 Å². The molecule has 2 rings (SSSR count). The zero-order valence-electron chi connectivity index (χ0n) is 8.24. The Labute approximate surface area is 96.7 Å². The SMILES string of the molecule is O=C(O)CC1(c2cccc(Br)n2)CCC1. The van der Waals surface area contributed by atoms with Gasteiger partial charge < -0.3 is 5.11 Å². The molecule has 0 spiro atoms. The van der Waals surface area contributed by atoms with Gasteiger partial charge in [0.25, 0.3) is 0 Å². The molecular weight excluding hydrogens is 258 g/mol. The van der Waals surface area contributed by atoms with Crippen LogP contribution in [0.15, 0.2) is 22.8 Å². The van der Waals surface area contributed by atoms with Crippen LogP contribution in [0.2, 0.25) is 0 Å². The highest BCUT2D eigenvalue weighted by molar-refractivity contribution is 9.10. The van der Waals surface area contributed by atoms with Gasteiger partial charge in [0.1, 0.15) is 4.60 Å². The van der Waals surface area contributed by atoms with Crippen molar-refractivity contribution >= 4 is 21.9 Å². The Kier molecular flexibility index (Phi) is 2.78. The molecule has 0 aromatic carbocycles. The minimum absolute atomic E-state index is 0.191. The predicted molar refractivity (Wildman–Crippen MR) is 59.7 cm³/mol. The van der Waals surface area contributed by atoms with Crippen LogP contribution in [0.25, 0.3) is 0 Å². The van der Waals surface area contributed by atoms with Gasteiger partial charge in [-0.15, -0.1) is 0 Å². The standard InChI is InChI=1S/C11H12BrNO2/c12-9-4-1-3-8(13-9)11(5-2-6-11)7-10(14)15/h1,3-4H,2,5-7H2,(H,14,15). The maximum Gasteiger partial charge on any atom is 0.304 e. The summed E-state index contributed by atoms with van der Waals surface area (Å²) in [6, 6.07) is 5.69.